The van der Waals surface area contributed by atoms with E-state index in [1.54, 1.807) is 25.1 Å². The van der Waals surface area contributed by atoms with Gasteiger partial charge in [-0.3, -0.25) is 0 Å². The van der Waals surface area contributed by atoms with Crippen LogP contribution in [0.1, 0.15) is 18.4 Å². The van der Waals surface area contributed by atoms with Gasteiger partial charge in [0.25, 0.3) is 0 Å². The minimum Gasteiger partial charge on any atom is -0.387 e. The lowest BCUT2D eigenvalue weighted by molar-refractivity contribution is -0.0764. The first kappa shape index (κ1) is 12.1. The van der Waals surface area contributed by atoms with Gasteiger partial charge in [-0.05, 0) is 37.3 Å². The Hall–Kier alpha value is -0.910. The largest absolute Gasteiger partial charge is 0.387 e. The molecule has 98 valence electrons. The Morgan fingerprint density at radius 3 is 2.44 bits per heavy atom. The van der Waals surface area contributed by atoms with Crippen molar-refractivity contribution in [3.8, 4) is 0 Å². The number of hydrogen-bond acceptors (Lipinski definition) is 3. The van der Waals surface area contributed by atoms with Crippen LogP contribution in [-0.2, 0) is 10.0 Å². The predicted molar refractivity (Wildman–Crippen MR) is 67.6 cm³/mol. The molecular weight excluding hydrogens is 250 g/mol. The zero-order valence-corrected chi connectivity index (χ0v) is 11.2. The number of β-amino-alcohol motifs (C(OH)–C–C–N with tert-alkyl or cyclic N) is 1. The van der Waals surface area contributed by atoms with E-state index in [-0.39, 0.29) is 13.1 Å². The number of nitrogens with zero attached hydrogens (tertiary/aromatic N) is 1. The molecule has 0 amide bonds. The fourth-order valence-electron chi connectivity index (χ4n) is 2.60. The number of rotatable bonds is 3. The van der Waals surface area contributed by atoms with Gasteiger partial charge >= 0.3 is 0 Å². The van der Waals surface area contributed by atoms with Gasteiger partial charge in [0.15, 0.2) is 0 Å². The van der Waals surface area contributed by atoms with Crippen molar-refractivity contribution in [1.82, 2.24) is 4.31 Å². The molecule has 3 rings (SSSR count). The molecule has 0 bridgehead atoms. The molecule has 0 atom stereocenters. The number of aliphatic hydroxyl groups is 1. The van der Waals surface area contributed by atoms with Gasteiger partial charge < -0.3 is 5.11 Å². The standard InChI is InChI=1S/C13H17NO3S/c1-10-4-2-3-5-12(10)18(16,17)14-8-13(15,9-14)11-6-7-11/h2-5,11,15H,6-9H2,1H3. The third-order valence-electron chi connectivity index (χ3n) is 3.95. The maximum absolute atomic E-state index is 12.4. The Morgan fingerprint density at radius 2 is 1.89 bits per heavy atom. The van der Waals surface area contributed by atoms with Crippen molar-refractivity contribution in [2.75, 3.05) is 13.1 Å². The first-order valence-electron chi connectivity index (χ1n) is 6.22. The van der Waals surface area contributed by atoms with Crippen LogP contribution in [0.4, 0.5) is 0 Å². The lowest BCUT2D eigenvalue weighted by atomic mass is 9.91. The molecular formula is C13H17NO3S. The van der Waals surface area contributed by atoms with E-state index in [4.69, 9.17) is 0 Å². The Bertz CT molecular complexity index is 572. The zero-order valence-electron chi connectivity index (χ0n) is 10.3. The second kappa shape index (κ2) is 3.79. The van der Waals surface area contributed by atoms with Gasteiger partial charge in [0.05, 0.1) is 10.5 Å². The molecule has 1 aromatic rings. The van der Waals surface area contributed by atoms with Crippen molar-refractivity contribution in [1.29, 1.82) is 0 Å². The quantitative estimate of drug-likeness (QED) is 0.893. The van der Waals surface area contributed by atoms with E-state index in [1.165, 1.54) is 4.31 Å². The van der Waals surface area contributed by atoms with E-state index in [2.05, 4.69) is 0 Å². The summed E-state index contributed by atoms with van der Waals surface area (Å²) in [5.74, 6) is 0.306. The van der Waals surface area contributed by atoms with Gasteiger partial charge in [-0.15, -0.1) is 0 Å². The highest BCUT2D eigenvalue weighted by atomic mass is 32.2. The van der Waals surface area contributed by atoms with Gasteiger partial charge in [-0.2, -0.15) is 4.31 Å². The van der Waals surface area contributed by atoms with Crippen molar-refractivity contribution >= 4 is 10.0 Å². The lowest BCUT2D eigenvalue weighted by Gasteiger charge is -2.45. The second-order valence-electron chi connectivity index (χ2n) is 5.42. The summed E-state index contributed by atoms with van der Waals surface area (Å²) in [7, 11) is -3.44. The maximum Gasteiger partial charge on any atom is 0.243 e. The molecule has 1 saturated heterocycles. The van der Waals surface area contributed by atoms with Gasteiger partial charge in [-0.1, -0.05) is 18.2 Å². The fraction of sp³-hybridized carbons (Fsp3) is 0.538. The molecule has 1 heterocycles. The van der Waals surface area contributed by atoms with Crippen molar-refractivity contribution < 1.29 is 13.5 Å². The smallest absolute Gasteiger partial charge is 0.243 e. The van der Waals surface area contributed by atoms with E-state index in [9.17, 15) is 13.5 Å². The van der Waals surface area contributed by atoms with Crippen LogP contribution in [0.3, 0.4) is 0 Å². The summed E-state index contributed by atoms with van der Waals surface area (Å²) in [4.78, 5) is 0.350. The average molecular weight is 267 g/mol. The summed E-state index contributed by atoms with van der Waals surface area (Å²) < 4.78 is 26.1. The molecule has 4 nitrogen and oxygen atoms in total. The molecule has 1 N–H and O–H groups in total. The fourth-order valence-corrected chi connectivity index (χ4v) is 4.39. The summed E-state index contributed by atoms with van der Waals surface area (Å²) in [6, 6.07) is 6.97. The normalized spacial score (nSPS) is 23.7. The van der Waals surface area contributed by atoms with Crippen LogP contribution in [0.15, 0.2) is 29.2 Å². The zero-order chi connectivity index (χ0) is 13.0. The van der Waals surface area contributed by atoms with Crippen LogP contribution in [0.5, 0.6) is 0 Å². The van der Waals surface area contributed by atoms with E-state index >= 15 is 0 Å². The number of benzene rings is 1. The topological polar surface area (TPSA) is 57.6 Å². The Balaban J connectivity index is 1.83. The summed E-state index contributed by atoms with van der Waals surface area (Å²) >= 11 is 0. The van der Waals surface area contributed by atoms with Crippen molar-refractivity contribution in [3.05, 3.63) is 29.8 Å². The summed E-state index contributed by atoms with van der Waals surface area (Å²) in [5.41, 5.74) is -0.0187. The molecule has 1 aromatic carbocycles. The second-order valence-corrected chi connectivity index (χ2v) is 7.32. The summed E-state index contributed by atoms with van der Waals surface area (Å²) in [6.07, 6.45) is 2.05. The molecule has 2 fully saturated rings. The number of sulfonamides is 1. The highest BCUT2D eigenvalue weighted by Gasteiger charge is 2.55. The molecule has 0 aromatic heterocycles. The lowest BCUT2D eigenvalue weighted by Crippen LogP contribution is -2.64. The van der Waals surface area contributed by atoms with E-state index in [1.807, 2.05) is 6.07 Å². The number of hydrogen-bond donors (Lipinski definition) is 1. The first-order valence-corrected chi connectivity index (χ1v) is 7.66. The van der Waals surface area contributed by atoms with Gasteiger partial charge in [0.2, 0.25) is 10.0 Å². The van der Waals surface area contributed by atoms with E-state index < -0.39 is 15.6 Å². The van der Waals surface area contributed by atoms with Crippen molar-refractivity contribution in [3.63, 3.8) is 0 Å². The molecule has 2 aliphatic rings. The molecule has 1 aliphatic carbocycles. The molecule has 1 aliphatic heterocycles. The third-order valence-corrected chi connectivity index (χ3v) is 5.90. The number of aryl methyl sites for hydroxylation is 1. The Morgan fingerprint density at radius 1 is 1.28 bits per heavy atom. The van der Waals surface area contributed by atoms with Crippen LogP contribution in [-0.4, -0.2) is 36.5 Å². The average Bonchev–Trinajstić information content (AvgIpc) is 3.09. The van der Waals surface area contributed by atoms with Crippen LogP contribution in [0.25, 0.3) is 0 Å². The molecule has 0 spiro atoms. The monoisotopic (exact) mass is 267 g/mol. The maximum atomic E-state index is 12.4. The SMILES string of the molecule is Cc1ccccc1S(=O)(=O)N1CC(O)(C2CC2)C1. The molecule has 5 heteroatoms. The molecule has 18 heavy (non-hydrogen) atoms. The first-order chi connectivity index (χ1) is 8.43. The molecule has 0 radical (unpaired) electrons. The Labute approximate surface area is 107 Å². The van der Waals surface area contributed by atoms with E-state index in [0.29, 0.717) is 10.8 Å². The molecule has 0 unspecified atom stereocenters. The van der Waals surface area contributed by atoms with Crippen LogP contribution in [0, 0.1) is 12.8 Å². The minimum atomic E-state index is -3.44. The van der Waals surface area contributed by atoms with Crippen molar-refractivity contribution in [2.45, 2.75) is 30.3 Å². The van der Waals surface area contributed by atoms with Gasteiger partial charge in [0.1, 0.15) is 0 Å². The summed E-state index contributed by atoms with van der Waals surface area (Å²) in [5, 5.41) is 10.2. The summed E-state index contributed by atoms with van der Waals surface area (Å²) in [6.45, 7) is 2.28. The minimum absolute atomic E-state index is 0.244. The molecule has 1 saturated carbocycles. The van der Waals surface area contributed by atoms with Crippen LogP contribution in [0.2, 0.25) is 0 Å². The highest BCUT2D eigenvalue weighted by molar-refractivity contribution is 7.89. The highest BCUT2D eigenvalue weighted by Crippen LogP contribution is 2.45. The van der Waals surface area contributed by atoms with Crippen molar-refractivity contribution in [2.24, 2.45) is 5.92 Å². The van der Waals surface area contributed by atoms with Crippen LogP contribution < -0.4 is 0 Å². The van der Waals surface area contributed by atoms with Gasteiger partial charge in [-0.25, -0.2) is 8.42 Å². The Kier molecular flexibility index (Phi) is 2.56. The van der Waals surface area contributed by atoms with Gasteiger partial charge in [0, 0.05) is 13.1 Å². The predicted octanol–water partition coefficient (Wildman–Crippen LogP) is 1.14. The van der Waals surface area contributed by atoms with E-state index in [0.717, 1.165) is 18.4 Å². The van der Waals surface area contributed by atoms with Crippen LogP contribution >= 0.6 is 0 Å². The third kappa shape index (κ3) is 1.77.